The molecule has 7 rings (SSSR count). The van der Waals surface area contributed by atoms with E-state index < -0.39 is 35.4 Å². The fourth-order valence-electron chi connectivity index (χ4n) is 7.13. The van der Waals surface area contributed by atoms with E-state index in [0.717, 1.165) is 38.9 Å². The van der Waals surface area contributed by atoms with Crippen LogP contribution in [-0.4, -0.2) is 22.0 Å². The average molecular weight is 529 g/mol. The first kappa shape index (κ1) is 22.4. The van der Waals surface area contributed by atoms with Gasteiger partial charge in [0.15, 0.2) is 0 Å². The van der Waals surface area contributed by atoms with Gasteiger partial charge in [-0.2, -0.15) is 13.2 Å². The van der Waals surface area contributed by atoms with Crippen molar-refractivity contribution in [2.45, 2.75) is 28.8 Å². The lowest BCUT2D eigenvalue weighted by Gasteiger charge is -2.43. The van der Waals surface area contributed by atoms with Gasteiger partial charge in [-0.1, -0.05) is 47.7 Å². The van der Waals surface area contributed by atoms with Gasteiger partial charge in [0, 0.05) is 16.0 Å². The summed E-state index contributed by atoms with van der Waals surface area (Å²) in [6.45, 7) is 0. The zero-order chi connectivity index (χ0) is 24.9. The number of H-pyrrole nitrogens is 1. The fraction of sp³-hybridized carbons (Fsp3) is 0.346. The van der Waals surface area contributed by atoms with Crippen LogP contribution in [0.25, 0.3) is 0 Å². The maximum Gasteiger partial charge on any atom is 0.416 e. The highest BCUT2D eigenvalue weighted by Gasteiger charge is 2.69. The number of nitrogens with zero attached hydrogens (tertiary/aromatic N) is 1. The monoisotopic (exact) mass is 528 g/mol. The zero-order valence-electron chi connectivity index (χ0n) is 18.6. The van der Waals surface area contributed by atoms with Crippen molar-refractivity contribution in [1.29, 1.82) is 0 Å². The summed E-state index contributed by atoms with van der Waals surface area (Å²) in [7, 11) is 0. The van der Waals surface area contributed by atoms with E-state index in [1.165, 1.54) is 23.5 Å². The molecule has 2 aliphatic carbocycles. The number of carbonyl (C=O) groups excluding carboxylic acids is 2. The largest absolute Gasteiger partial charge is 0.416 e. The summed E-state index contributed by atoms with van der Waals surface area (Å²) in [6, 6.07) is 14.4. The Morgan fingerprint density at radius 2 is 1.64 bits per heavy atom. The number of alkyl halides is 3. The predicted molar refractivity (Wildman–Crippen MR) is 129 cm³/mol. The second-order valence-corrected chi connectivity index (χ2v) is 12.1. The van der Waals surface area contributed by atoms with E-state index in [0.29, 0.717) is 0 Å². The smallest absolute Gasteiger partial charge is 0.307 e. The van der Waals surface area contributed by atoms with Crippen molar-refractivity contribution in [1.82, 2.24) is 4.98 Å². The van der Waals surface area contributed by atoms with Gasteiger partial charge in [-0.25, -0.2) is 0 Å². The van der Waals surface area contributed by atoms with Crippen LogP contribution < -0.4 is 9.77 Å². The van der Waals surface area contributed by atoms with Gasteiger partial charge in [0.05, 0.1) is 28.1 Å². The van der Waals surface area contributed by atoms with Crippen molar-refractivity contribution in [3.63, 3.8) is 0 Å². The van der Waals surface area contributed by atoms with Gasteiger partial charge < -0.3 is 4.98 Å². The molecule has 0 unspecified atom stereocenters. The third kappa shape index (κ3) is 3.00. The molecule has 3 fully saturated rings. The molecule has 0 radical (unpaired) electrons. The molecule has 7 atom stereocenters. The number of carbonyl (C=O) groups is 2. The molecule has 184 valence electrons. The van der Waals surface area contributed by atoms with Crippen LogP contribution in [-0.2, 0) is 15.8 Å². The molecule has 1 aromatic heterocycles. The van der Waals surface area contributed by atoms with E-state index >= 15 is 0 Å². The summed E-state index contributed by atoms with van der Waals surface area (Å²) in [6.07, 6.45) is -3.84. The molecule has 36 heavy (non-hydrogen) atoms. The molecule has 5 nitrogen and oxygen atoms in total. The van der Waals surface area contributed by atoms with Crippen molar-refractivity contribution in [3.05, 3.63) is 80.3 Å². The van der Waals surface area contributed by atoms with Crippen molar-refractivity contribution in [3.8, 4) is 0 Å². The molecule has 1 N–H and O–H groups in total. The van der Waals surface area contributed by atoms with Crippen LogP contribution in [0.4, 0.5) is 18.9 Å². The summed E-state index contributed by atoms with van der Waals surface area (Å²) in [4.78, 5) is 44.3. The topological polar surface area (TPSA) is 70.2 Å². The molecule has 10 heteroatoms. The van der Waals surface area contributed by atoms with Crippen LogP contribution in [0.15, 0.2) is 64.4 Å². The number of anilines is 1. The summed E-state index contributed by atoms with van der Waals surface area (Å²) in [5.41, 5.74) is 0.162. The molecular formula is C26H19F3N2O3S2. The minimum atomic E-state index is -4.57. The van der Waals surface area contributed by atoms with Crippen molar-refractivity contribution in [2.24, 2.45) is 29.6 Å². The summed E-state index contributed by atoms with van der Waals surface area (Å²) in [5.74, 6) is -2.09. The number of amides is 2. The Morgan fingerprint density at radius 1 is 0.917 bits per heavy atom. The van der Waals surface area contributed by atoms with Gasteiger partial charge in [-0.3, -0.25) is 19.3 Å². The van der Waals surface area contributed by atoms with Gasteiger partial charge in [-0.15, -0.1) is 11.8 Å². The summed E-state index contributed by atoms with van der Waals surface area (Å²) >= 11 is 2.79. The van der Waals surface area contributed by atoms with Crippen LogP contribution >= 0.6 is 23.1 Å². The minimum absolute atomic E-state index is 0.0210. The lowest BCUT2D eigenvalue weighted by Crippen LogP contribution is -2.42. The number of rotatable bonds is 2. The van der Waals surface area contributed by atoms with Gasteiger partial charge in [-0.05, 0) is 47.9 Å². The Morgan fingerprint density at radius 3 is 2.36 bits per heavy atom. The number of aromatic amines is 1. The SMILES string of the molecule is O=C1[C@@H]2[C@H]3C[C@@H]([C@@H]4Sc5[nH]c(=O)sc5[C@@H](c5ccccc5)[C@@H]34)[C@H]2C(=O)N1c1cccc(C(F)(F)F)c1. The molecule has 4 aliphatic rings. The number of thiazole rings is 1. The van der Waals surface area contributed by atoms with Gasteiger partial charge in [0.2, 0.25) is 11.8 Å². The number of halogens is 3. The number of imide groups is 1. The molecule has 2 bridgehead atoms. The highest BCUT2D eigenvalue weighted by molar-refractivity contribution is 8.00. The average Bonchev–Trinajstić information content (AvgIpc) is 3.58. The first-order valence-corrected chi connectivity index (χ1v) is 13.4. The maximum atomic E-state index is 13.7. The van der Waals surface area contributed by atoms with E-state index in [1.54, 1.807) is 11.8 Å². The van der Waals surface area contributed by atoms with Crippen molar-refractivity contribution < 1.29 is 22.8 Å². The van der Waals surface area contributed by atoms with Crippen LogP contribution in [0.1, 0.15) is 28.3 Å². The number of nitrogens with one attached hydrogen (secondary N) is 1. The molecule has 2 aliphatic heterocycles. The maximum absolute atomic E-state index is 13.7. The van der Waals surface area contributed by atoms with Crippen LogP contribution in [0, 0.1) is 29.6 Å². The molecule has 2 saturated carbocycles. The van der Waals surface area contributed by atoms with Gasteiger partial charge >= 0.3 is 11.0 Å². The Balaban J connectivity index is 1.30. The van der Waals surface area contributed by atoms with E-state index in [4.69, 9.17) is 0 Å². The minimum Gasteiger partial charge on any atom is -0.307 e. The van der Waals surface area contributed by atoms with Crippen molar-refractivity contribution >= 4 is 40.6 Å². The first-order valence-electron chi connectivity index (χ1n) is 11.7. The van der Waals surface area contributed by atoms with E-state index in [2.05, 4.69) is 4.98 Å². The molecular weight excluding hydrogens is 509 g/mol. The van der Waals surface area contributed by atoms with E-state index in [9.17, 15) is 27.6 Å². The number of benzene rings is 2. The first-order chi connectivity index (χ1) is 17.2. The highest BCUT2D eigenvalue weighted by Crippen LogP contribution is 2.68. The van der Waals surface area contributed by atoms with Gasteiger partial charge in [0.1, 0.15) is 0 Å². The van der Waals surface area contributed by atoms with Crippen LogP contribution in [0.2, 0.25) is 0 Å². The lowest BCUT2D eigenvalue weighted by molar-refractivity contribution is -0.137. The molecule has 2 aromatic carbocycles. The number of hydrogen-bond acceptors (Lipinski definition) is 5. The molecule has 3 aromatic rings. The third-order valence-corrected chi connectivity index (χ3v) is 10.9. The standard InChI is InChI=1S/C26H19F3N2O3S2/c27-26(28,29)12-7-4-8-13(9-12)31-23(32)18-14-10-15(19(18)24(31)33)20-17(14)16(11-5-2-1-3-6-11)21-22(35-20)30-25(34)36-21/h1-9,14-20H,10H2,(H,30,34)/t14-,15+,16-,17+,18+,19+,20-/m0/s1. The summed E-state index contributed by atoms with van der Waals surface area (Å²) in [5, 5.41) is 0.869. The third-order valence-electron chi connectivity index (χ3n) is 8.31. The second-order valence-electron chi connectivity index (χ2n) is 9.93. The van der Waals surface area contributed by atoms with Crippen LogP contribution in [0.5, 0.6) is 0 Å². The number of aromatic nitrogens is 1. The number of fused-ring (bicyclic) bond motifs is 9. The quantitative estimate of drug-likeness (QED) is 0.468. The Labute approximate surface area is 211 Å². The number of hydrogen-bond donors (Lipinski definition) is 1. The molecule has 3 heterocycles. The lowest BCUT2D eigenvalue weighted by atomic mass is 9.68. The predicted octanol–water partition coefficient (Wildman–Crippen LogP) is 5.13. The Hall–Kier alpha value is -2.85. The van der Waals surface area contributed by atoms with Crippen molar-refractivity contribution in [2.75, 3.05) is 4.90 Å². The summed E-state index contributed by atoms with van der Waals surface area (Å²) < 4.78 is 40.0. The van der Waals surface area contributed by atoms with Gasteiger partial charge in [0.25, 0.3) is 0 Å². The Kier molecular flexibility index (Phi) is 4.71. The molecule has 0 spiro atoms. The normalized spacial score (nSPS) is 32.5. The van der Waals surface area contributed by atoms with Crippen LogP contribution in [0.3, 0.4) is 0 Å². The number of thioether (sulfide) groups is 1. The van der Waals surface area contributed by atoms with E-state index in [1.807, 2.05) is 30.3 Å². The highest BCUT2D eigenvalue weighted by atomic mass is 32.2. The Bertz CT molecular complexity index is 1470. The molecule has 1 saturated heterocycles. The zero-order valence-corrected chi connectivity index (χ0v) is 20.2. The molecule has 2 amide bonds. The van der Waals surface area contributed by atoms with E-state index in [-0.39, 0.29) is 39.5 Å². The fourth-order valence-corrected chi connectivity index (χ4v) is 10.0. The second kappa shape index (κ2) is 7.58.